The second-order valence-electron chi connectivity index (χ2n) is 4.84. The van der Waals surface area contributed by atoms with Gasteiger partial charge in [-0.2, -0.15) is 0 Å². The first-order valence-corrected chi connectivity index (χ1v) is 8.25. The van der Waals surface area contributed by atoms with Crippen molar-refractivity contribution in [3.05, 3.63) is 24.3 Å². The normalized spacial score (nSPS) is 24.1. The van der Waals surface area contributed by atoms with Crippen molar-refractivity contribution in [3.63, 3.8) is 0 Å². The molecule has 0 aromatic heterocycles. The summed E-state index contributed by atoms with van der Waals surface area (Å²) in [6.45, 7) is 2.43. The predicted octanol–water partition coefficient (Wildman–Crippen LogP) is 2.16. The van der Waals surface area contributed by atoms with Crippen LogP contribution in [0.1, 0.15) is 32.6 Å². The Morgan fingerprint density at radius 2 is 1.84 bits per heavy atom. The van der Waals surface area contributed by atoms with E-state index in [9.17, 15) is 13.5 Å². The van der Waals surface area contributed by atoms with Crippen LogP contribution in [-0.4, -0.2) is 31.5 Å². The summed E-state index contributed by atoms with van der Waals surface area (Å²) in [5.74, 6) is 0.658. The lowest BCUT2D eigenvalue weighted by Crippen LogP contribution is -2.36. The predicted molar refractivity (Wildman–Crippen MR) is 73.1 cm³/mol. The number of ether oxygens (including phenoxy) is 1. The van der Waals surface area contributed by atoms with Crippen LogP contribution in [0.15, 0.2) is 29.2 Å². The lowest BCUT2D eigenvalue weighted by molar-refractivity contribution is 0.133. The molecule has 0 aliphatic heterocycles. The van der Waals surface area contributed by atoms with E-state index in [4.69, 9.17) is 4.74 Å². The van der Waals surface area contributed by atoms with E-state index in [0.717, 1.165) is 12.8 Å². The number of aliphatic hydroxyl groups is 1. The topological polar surface area (TPSA) is 63.6 Å². The molecule has 106 valence electrons. The van der Waals surface area contributed by atoms with E-state index in [-0.39, 0.29) is 4.90 Å². The van der Waals surface area contributed by atoms with Gasteiger partial charge in [0, 0.05) is 0 Å². The van der Waals surface area contributed by atoms with Crippen LogP contribution in [0, 0.1) is 0 Å². The molecule has 2 rings (SSSR count). The Balaban J connectivity index is 2.23. The molecule has 0 saturated heterocycles. The van der Waals surface area contributed by atoms with E-state index in [1.54, 1.807) is 24.3 Å². The molecule has 1 aliphatic rings. The molecule has 1 aliphatic carbocycles. The summed E-state index contributed by atoms with van der Waals surface area (Å²) < 4.78 is 30.2. The van der Waals surface area contributed by atoms with Crippen LogP contribution in [-0.2, 0) is 9.84 Å². The summed E-state index contributed by atoms with van der Waals surface area (Å²) in [7, 11) is -3.45. The van der Waals surface area contributed by atoms with Gasteiger partial charge in [0.05, 0.1) is 22.9 Å². The maximum atomic E-state index is 12.5. The highest BCUT2D eigenvalue weighted by atomic mass is 32.2. The van der Waals surface area contributed by atoms with E-state index in [2.05, 4.69) is 0 Å². The van der Waals surface area contributed by atoms with E-state index in [1.807, 2.05) is 6.92 Å². The van der Waals surface area contributed by atoms with Crippen molar-refractivity contribution in [1.29, 1.82) is 0 Å². The van der Waals surface area contributed by atoms with Gasteiger partial charge in [0.2, 0.25) is 0 Å². The Morgan fingerprint density at radius 3 is 2.42 bits per heavy atom. The third-order valence-electron chi connectivity index (χ3n) is 3.53. The van der Waals surface area contributed by atoms with Crippen molar-refractivity contribution < 1.29 is 18.3 Å². The van der Waals surface area contributed by atoms with Crippen molar-refractivity contribution in [2.75, 3.05) is 6.61 Å². The molecular weight excluding hydrogens is 264 g/mol. The standard InChI is InChI=1S/C14H20O4S/c1-2-18-11-7-9-12(10-8-11)19(16,17)14-6-4-3-5-13(14)15/h7-10,13-15H,2-6H2,1H3/t13-,14-/m1/s1. The smallest absolute Gasteiger partial charge is 0.183 e. The summed E-state index contributed by atoms with van der Waals surface area (Å²) in [5, 5.41) is 9.23. The van der Waals surface area contributed by atoms with Crippen LogP contribution in [0.3, 0.4) is 0 Å². The van der Waals surface area contributed by atoms with Crippen LogP contribution in [0.25, 0.3) is 0 Å². The average molecular weight is 284 g/mol. The zero-order chi connectivity index (χ0) is 13.9. The molecule has 0 amide bonds. The first-order chi connectivity index (χ1) is 9.05. The summed E-state index contributed by atoms with van der Waals surface area (Å²) >= 11 is 0. The number of hydrogen-bond acceptors (Lipinski definition) is 4. The number of benzene rings is 1. The molecule has 0 bridgehead atoms. The monoisotopic (exact) mass is 284 g/mol. The number of rotatable bonds is 4. The summed E-state index contributed by atoms with van der Waals surface area (Å²) in [4.78, 5) is 0.266. The quantitative estimate of drug-likeness (QED) is 0.920. The van der Waals surface area contributed by atoms with Crippen LogP contribution < -0.4 is 4.74 Å². The van der Waals surface area contributed by atoms with Crippen molar-refractivity contribution in [2.24, 2.45) is 0 Å². The maximum Gasteiger partial charge on any atom is 0.183 e. The number of hydrogen-bond donors (Lipinski definition) is 1. The minimum Gasteiger partial charge on any atom is -0.494 e. The van der Waals surface area contributed by atoms with E-state index < -0.39 is 21.2 Å². The highest BCUT2D eigenvalue weighted by Crippen LogP contribution is 2.29. The molecule has 1 aromatic carbocycles. The Labute approximate surface area is 114 Å². The van der Waals surface area contributed by atoms with Crippen LogP contribution in [0.2, 0.25) is 0 Å². The first-order valence-electron chi connectivity index (χ1n) is 6.70. The average Bonchev–Trinajstić information content (AvgIpc) is 2.40. The largest absolute Gasteiger partial charge is 0.494 e. The minimum atomic E-state index is -3.45. The minimum absolute atomic E-state index is 0.266. The van der Waals surface area contributed by atoms with Crippen molar-refractivity contribution >= 4 is 9.84 Å². The van der Waals surface area contributed by atoms with Gasteiger partial charge in [-0.15, -0.1) is 0 Å². The zero-order valence-corrected chi connectivity index (χ0v) is 11.9. The van der Waals surface area contributed by atoms with Crippen LogP contribution >= 0.6 is 0 Å². The van der Waals surface area contributed by atoms with Gasteiger partial charge in [-0.3, -0.25) is 0 Å². The summed E-state index contributed by atoms with van der Waals surface area (Å²) in [6, 6.07) is 6.43. The Hall–Kier alpha value is -1.07. The van der Waals surface area contributed by atoms with E-state index >= 15 is 0 Å². The van der Waals surface area contributed by atoms with Gasteiger partial charge in [-0.1, -0.05) is 12.8 Å². The molecule has 0 radical (unpaired) electrons. The van der Waals surface area contributed by atoms with Gasteiger partial charge in [0.25, 0.3) is 0 Å². The molecule has 0 heterocycles. The fourth-order valence-corrected chi connectivity index (χ4v) is 4.40. The zero-order valence-electron chi connectivity index (χ0n) is 11.1. The Bertz CT molecular complexity index is 507. The van der Waals surface area contributed by atoms with Crippen molar-refractivity contribution in [3.8, 4) is 5.75 Å². The Morgan fingerprint density at radius 1 is 1.21 bits per heavy atom. The molecule has 0 unspecified atom stereocenters. The molecule has 1 fully saturated rings. The van der Waals surface area contributed by atoms with E-state index in [0.29, 0.717) is 25.2 Å². The molecule has 19 heavy (non-hydrogen) atoms. The third-order valence-corrected chi connectivity index (χ3v) is 5.81. The maximum absolute atomic E-state index is 12.5. The molecule has 5 heteroatoms. The number of aliphatic hydroxyl groups excluding tert-OH is 1. The second-order valence-corrected chi connectivity index (χ2v) is 7.01. The number of sulfone groups is 1. The van der Waals surface area contributed by atoms with Gasteiger partial charge >= 0.3 is 0 Å². The molecule has 1 N–H and O–H groups in total. The lowest BCUT2D eigenvalue weighted by Gasteiger charge is -2.27. The highest BCUT2D eigenvalue weighted by Gasteiger charge is 2.35. The van der Waals surface area contributed by atoms with Crippen LogP contribution in [0.4, 0.5) is 0 Å². The first kappa shape index (κ1) is 14.3. The lowest BCUT2D eigenvalue weighted by atomic mass is 9.97. The molecule has 2 atom stereocenters. The summed E-state index contributed by atoms with van der Waals surface area (Å²) in [5.41, 5.74) is 0. The molecule has 1 saturated carbocycles. The summed E-state index contributed by atoms with van der Waals surface area (Å²) in [6.07, 6.45) is 2.12. The highest BCUT2D eigenvalue weighted by molar-refractivity contribution is 7.92. The van der Waals surface area contributed by atoms with Crippen molar-refractivity contribution in [2.45, 2.75) is 48.9 Å². The van der Waals surface area contributed by atoms with Gasteiger partial charge in [0.1, 0.15) is 5.75 Å². The van der Waals surface area contributed by atoms with E-state index in [1.165, 1.54) is 0 Å². The molecule has 1 aromatic rings. The van der Waals surface area contributed by atoms with Gasteiger partial charge < -0.3 is 9.84 Å². The fourth-order valence-electron chi connectivity index (χ4n) is 2.51. The van der Waals surface area contributed by atoms with Crippen LogP contribution in [0.5, 0.6) is 5.75 Å². The molecular formula is C14H20O4S. The van der Waals surface area contributed by atoms with Gasteiger partial charge in [0.15, 0.2) is 9.84 Å². The third kappa shape index (κ3) is 3.09. The molecule has 0 spiro atoms. The van der Waals surface area contributed by atoms with Crippen molar-refractivity contribution in [1.82, 2.24) is 0 Å². The van der Waals surface area contributed by atoms with Gasteiger partial charge in [-0.25, -0.2) is 8.42 Å². The SMILES string of the molecule is CCOc1ccc(S(=O)(=O)[C@@H]2CCCC[C@H]2O)cc1. The second kappa shape index (κ2) is 5.92. The molecule has 4 nitrogen and oxygen atoms in total. The Kier molecular flexibility index (Phi) is 4.47. The fraction of sp³-hybridized carbons (Fsp3) is 0.571. The van der Waals surface area contributed by atoms with Gasteiger partial charge in [-0.05, 0) is 44.0 Å².